The van der Waals surface area contributed by atoms with Gasteiger partial charge in [-0.1, -0.05) is 6.07 Å². The van der Waals surface area contributed by atoms with Gasteiger partial charge in [-0.25, -0.2) is 13.2 Å². The predicted octanol–water partition coefficient (Wildman–Crippen LogP) is 1.72. The molecule has 76 valence electrons. The molecule has 1 aliphatic carbocycles. The highest BCUT2D eigenvalue weighted by Gasteiger charge is 2.70. The first-order valence-corrected chi connectivity index (χ1v) is 4.02. The largest absolute Gasteiger partial charge is 0.508 e. The third-order valence-electron chi connectivity index (χ3n) is 2.46. The lowest BCUT2D eigenvalue weighted by Gasteiger charge is -2.11. The van der Waals surface area contributed by atoms with Crippen molar-refractivity contribution in [3.05, 3.63) is 29.6 Å². The molecule has 2 nitrogen and oxygen atoms in total. The smallest absolute Gasteiger partial charge is 0.272 e. The lowest BCUT2D eigenvalue weighted by molar-refractivity contribution is 0.0881. The van der Waals surface area contributed by atoms with Gasteiger partial charge in [0, 0.05) is 18.1 Å². The van der Waals surface area contributed by atoms with Crippen LogP contribution in [-0.4, -0.2) is 11.0 Å². The normalized spacial score (nSPS) is 28.9. The summed E-state index contributed by atoms with van der Waals surface area (Å²) in [5.41, 5.74) is 3.18. The summed E-state index contributed by atoms with van der Waals surface area (Å²) in [6.07, 6.45) is -0.554. The minimum absolute atomic E-state index is 0.250. The predicted molar refractivity (Wildman–Crippen MR) is 43.5 cm³/mol. The molecule has 14 heavy (non-hydrogen) atoms. The van der Waals surface area contributed by atoms with Gasteiger partial charge in [-0.3, -0.25) is 0 Å². The van der Waals surface area contributed by atoms with Crippen LogP contribution >= 0.6 is 0 Å². The highest BCUT2D eigenvalue weighted by Crippen LogP contribution is 2.58. The summed E-state index contributed by atoms with van der Waals surface area (Å²) in [5, 5.41) is 8.89. The number of alkyl halides is 2. The lowest BCUT2D eigenvalue weighted by atomic mass is 10.0. The quantitative estimate of drug-likeness (QED) is 0.730. The van der Waals surface area contributed by atoms with E-state index in [0.717, 1.165) is 18.2 Å². The van der Waals surface area contributed by atoms with Gasteiger partial charge in [0.2, 0.25) is 0 Å². The summed E-state index contributed by atoms with van der Waals surface area (Å²) in [6, 6.07) is 3.01. The fourth-order valence-corrected chi connectivity index (χ4v) is 1.46. The van der Waals surface area contributed by atoms with E-state index in [1.54, 1.807) is 0 Å². The summed E-state index contributed by atoms with van der Waals surface area (Å²) in [5.74, 6) is -4.26. The van der Waals surface area contributed by atoms with E-state index in [4.69, 9.17) is 10.8 Å². The third kappa shape index (κ3) is 1.09. The number of nitrogens with two attached hydrogens (primary N) is 1. The highest BCUT2D eigenvalue weighted by molar-refractivity contribution is 5.39. The minimum atomic E-state index is -3.05. The molecular weight excluding hydrogens is 195 g/mol. The molecule has 1 fully saturated rings. The van der Waals surface area contributed by atoms with Gasteiger partial charge in [0.25, 0.3) is 5.92 Å². The Morgan fingerprint density at radius 2 is 1.93 bits per heavy atom. The van der Waals surface area contributed by atoms with Crippen LogP contribution in [-0.2, 0) is 5.54 Å². The van der Waals surface area contributed by atoms with E-state index in [1.807, 2.05) is 0 Å². The second-order valence-electron chi connectivity index (χ2n) is 3.52. The molecule has 0 bridgehead atoms. The van der Waals surface area contributed by atoms with Crippen LogP contribution < -0.4 is 5.73 Å². The molecule has 1 atom stereocenters. The van der Waals surface area contributed by atoms with Crippen LogP contribution in [0.1, 0.15) is 12.0 Å². The molecule has 3 N–H and O–H groups in total. The van der Waals surface area contributed by atoms with Crippen LogP contribution in [0.4, 0.5) is 13.2 Å². The number of hydrogen-bond donors (Lipinski definition) is 2. The van der Waals surface area contributed by atoms with Crippen LogP contribution in [0.2, 0.25) is 0 Å². The van der Waals surface area contributed by atoms with Crippen LogP contribution in [0.3, 0.4) is 0 Å². The van der Waals surface area contributed by atoms with Crippen molar-refractivity contribution in [2.45, 2.75) is 17.9 Å². The maximum Gasteiger partial charge on any atom is 0.272 e. The standard InChI is InChI=1S/C9H8F3NO/c10-7-3-5(14)1-2-6(7)8(13)4-9(8,11)12/h1-3,14H,4,13H2. The van der Waals surface area contributed by atoms with Gasteiger partial charge < -0.3 is 10.8 Å². The first-order valence-electron chi connectivity index (χ1n) is 4.02. The van der Waals surface area contributed by atoms with E-state index in [-0.39, 0.29) is 11.3 Å². The zero-order valence-electron chi connectivity index (χ0n) is 7.10. The molecule has 1 unspecified atom stereocenters. The average molecular weight is 203 g/mol. The zero-order chi connectivity index (χ0) is 10.6. The second kappa shape index (κ2) is 2.42. The Balaban J connectivity index is 2.45. The number of benzene rings is 1. The molecule has 0 heterocycles. The molecular formula is C9H8F3NO. The number of rotatable bonds is 1. The van der Waals surface area contributed by atoms with Gasteiger partial charge in [-0.05, 0) is 6.07 Å². The second-order valence-corrected chi connectivity index (χ2v) is 3.52. The Hall–Kier alpha value is -1.23. The van der Waals surface area contributed by atoms with Crippen molar-refractivity contribution in [1.29, 1.82) is 0 Å². The highest BCUT2D eigenvalue weighted by atomic mass is 19.3. The molecule has 0 radical (unpaired) electrons. The Labute approximate surface area is 78.2 Å². The molecule has 0 aromatic heterocycles. The van der Waals surface area contributed by atoms with Gasteiger partial charge in [-0.2, -0.15) is 0 Å². The number of halogens is 3. The van der Waals surface area contributed by atoms with Crippen molar-refractivity contribution in [3.8, 4) is 5.75 Å². The van der Waals surface area contributed by atoms with E-state index >= 15 is 0 Å². The van der Waals surface area contributed by atoms with Crippen molar-refractivity contribution in [2.24, 2.45) is 5.73 Å². The van der Waals surface area contributed by atoms with Crippen molar-refractivity contribution < 1.29 is 18.3 Å². The fourth-order valence-electron chi connectivity index (χ4n) is 1.46. The molecule has 0 amide bonds. The molecule has 1 aromatic rings. The van der Waals surface area contributed by atoms with Crippen LogP contribution in [0.5, 0.6) is 5.75 Å². The lowest BCUT2D eigenvalue weighted by Crippen LogP contribution is -2.28. The van der Waals surface area contributed by atoms with Gasteiger partial charge in [0.05, 0.1) is 0 Å². The van der Waals surface area contributed by atoms with E-state index in [1.165, 1.54) is 0 Å². The minimum Gasteiger partial charge on any atom is -0.508 e. The van der Waals surface area contributed by atoms with Crippen LogP contribution in [0.25, 0.3) is 0 Å². The van der Waals surface area contributed by atoms with Gasteiger partial charge >= 0.3 is 0 Å². The first kappa shape index (κ1) is 9.33. The summed E-state index contributed by atoms with van der Waals surface area (Å²) in [4.78, 5) is 0. The van der Waals surface area contributed by atoms with E-state index in [9.17, 15) is 13.2 Å². The van der Waals surface area contributed by atoms with E-state index in [0.29, 0.717) is 0 Å². The molecule has 2 rings (SSSR count). The summed E-state index contributed by atoms with van der Waals surface area (Å²) in [7, 11) is 0. The average Bonchev–Trinajstić information content (AvgIpc) is 2.50. The SMILES string of the molecule is NC1(c2ccc(O)cc2F)CC1(F)F. The topological polar surface area (TPSA) is 46.2 Å². The van der Waals surface area contributed by atoms with Crippen molar-refractivity contribution in [1.82, 2.24) is 0 Å². The van der Waals surface area contributed by atoms with E-state index in [2.05, 4.69) is 0 Å². The van der Waals surface area contributed by atoms with Crippen molar-refractivity contribution >= 4 is 0 Å². The van der Waals surface area contributed by atoms with Gasteiger partial charge in [0.15, 0.2) is 0 Å². The Bertz CT molecular complexity index is 394. The molecule has 1 aliphatic rings. The zero-order valence-corrected chi connectivity index (χ0v) is 7.10. The van der Waals surface area contributed by atoms with Crippen molar-refractivity contribution in [2.75, 3.05) is 0 Å². The Kier molecular flexibility index (Phi) is 1.61. The van der Waals surface area contributed by atoms with Crippen LogP contribution in [0.15, 0.2) is 18.2 Å². The Morgan fingerprint density at radius 3 is 2.36 bits per heavy atom. The number of aromatic hydroxyl groups is 1. The summed E-state index contributed by atoms with van der Waals surface area (Å²) >= 11 is 0. The Morgan fingerprint density at radius 1 is 1.36 bits per heavy atom. The molecule has 0 aliphatic heterocycles. The summed E-state index contributed by atoms with van der Waals surface area (Å²) < 4.78 is 38.7. The molecule has 5 heteroatoms. The summed E-state index contributed by atoms with van der Waals surface area (Å²) in [6.45, 7) is 0. The number of hydrogen-bond acceptors (Lipinski definition) is 2. The number of phenols is 1. The molecule has 0 spiro atoms. The van der Waals surface area contributed by atoms with Gasteiger partial charge in [-0.15, -0.1) is 0 Å². The molecule has 1 aromatic carbocycles. The maximum absolute atomic E-state index is 13.2. The third-order valence-corrected chi connectivity index (χ3v) is 2.46. The fraction of sp³-hybridized carbons (Fsp3) is 0.333. The monoisotopic (exact) mass is 203 g/mol. The molecule has 1 saturated carbocycles. The van der Waals surface area contributed by atoms with Crippen LogP contribution in [0, 0.1) is 5.82 Å². The van der Waals surface area contributed by atoms with Gasteiger partial charge in [0.1, 0.15) is 17.1 Å². The van der Waals surface area contributed by atoms with E-state index < -0.39 is 23.7 Å². The maximum atomic E-state index is 13.2. The first-order chi connectivity index (χ1) is 6.37. The van der Waals surface area contributed by atoms with Crippen molar-refractivity contribution in [3.63, 3.8) is 0 Å². The molecule has 0 saturated heterocycles. The number of phenolic OH excluding ortho intramolecular Hbond substituents is 1.